The van der Waals surface area contributed by atoms with Gasteiger partial charge in [-0.25, -0.2) is 14.6 Å². The summed E-state index contributed by atoms with van der Waals surface area (Å²) in [5.41, 5.74) is 2.84. The molecule has 0 N–H and O–H groups in total. The third-order valence-electron chi connectivity index (χ3n) is 4.03. The van der Waals surface area contributed by atoms with Crippen LogP contribution in [0.5, 0.6) is 0 Å². The normalized spacial score (nSPS) is 17.5. The summed E-state index contributed by atoms with van der Waals surface area (Å²) in [6, 6.07) is 16.2. The van der Waals surface area contributed by atoms with E-state index in [0.29, 0.717) is 6.61 Å². The smallest absolute Gasteiger partial charge is 0.181 e. The second kappa shape index (κ2) is 5.93. The Morgan fingerprint density at radius 1 is 1.04 bits per heavy atom. The fourth-order valence-electron chi connectivity index (χ4n) is 2.84. The molecule has 5 heteroatoms. The maximum Gasteiger partial charge on any atom is 0.181 e. The van der Waals surface area contributed by atoms with Crippen molar-refractivity contribution in [3.05, 3.63) is 54.2 Å². The average Bonchev–Trinajstić information content (AvgIpc) is 3.25. The molecule has 1 unspecified atom stereocenters. The molecule has 0 amide bonds. The van der Waals surface area contributed by atoms with Crippen molar-refractivity contribution in [3.63, 3.8) is 0 Å². The Balaban J connectivity index is 1.84. The zero-order chi connectivity index (χ0) is 15.6. The average molecular weight is 306 g/mol. The molecule has 0 radical (unpaired) electrons. The van der Waals surface area contributed by atoms with Gasteiger partial charge in [0.05, 0.1) is 12.6 Å². The summed E-state index contributed by atoms with van der Waals surface area (Å²) < 4.78 is 7.52. The first-order valence-electron chi connectivity index (χ1n) is 7.85. The predicted octanol–water partition coefficient (Wildman–Crippen LogP) is 3.28. The molecule has 0 aliphatic carbocycles. The lowest BCUT2D eigenvalue weighted by molar-refractivity contribution is 0.185. The van der Waals surface area contributed by atoms with Crippen LogP contribution in [0.25, 0.3) is 22.9 Å². The Labute approximate surface area is 135 Å². The van der Waals surface area contributed by atoms with Gasteiger partial charge in [0.2, 0.25) is 0 Å². The molecule has 116 valence electrons. The Morgan fingerprint density at radius 3 is 2.65 bits per heavy atom. The Morgan fingerprint density at radius 2 is 1.91 bits per heavy atom. The van der Waals surface area contributed by atoms with E-state index in [4.69, 9.17) is 14.8 Å². The number of hydrogen-bond acceptors (Lipinski definition) is 4. The topological polar surface area (TPSA) is 52.8 Å². The van der Waals surface area contributed by atoms with Crippen LogP contribution in [-0.4, -0.2) is 33.0 Å². The van der Waals surface area contributed by atoms with Crippen LogP contribution < -0.4 is 0 Å². The van der Waals surface area contributed by atoms with Gasteiger partial charge in [0, 0.05) is 17.9 Å². The highest BCUT2D eigenvalue weighted by atomic mass is 16.5. The number of rotatable bonds is 3. The Kier molecular flexibility index (Phi) is 3.63. The second-order valence-electron chi connectivity index (χ2n) is 5.75. The minimum Gasteiger partial charge on any atom is -0.379 e. The van der Waals surface area contributed by atoms with Crippen LogP contribution in [0, 0.1) is 6.92 Å². The van der Waals surface area contributed by atoms with Crippen LogP contribution in [0.4, 0.5) is 0 Å². The van der Waals surface area contributed by atoms with E-state index in [1.807, 2.05) is 60.1 Å². The number of pyridine rings is 1. The molecule has 5 nitrogen and oxygen atoms in total. The van der Waals surface area contributed by atoms with E-state index in [0.717, 1.165) is 41.6 Å². The zero-order valence-electron chi connectivity index (χ0n) is 13.0. The molecule has 3 aromatic rings. The minimum atomic E-state index is 0.220. The van der Waals surface area contributed by atoms with Crippen LogP contribution in [0.1, 0.15) is 18.2 Å². The monoisotopic (exact) mass is 306 g/mol. The van der Waals surface area contributed by atoms with E-state index < -0.39 is 0 Å². The van der Waals surface area contributed by atoms with Crippen molar-refractivity contribution in [1.82, 2.24) is 19.7 Å². The highest BCUT2D eigenvalue weighted by Crippen LogP contribution is 2.27. The molecular weight excluding hydrogens is 288 g/mol. The summed E-state index contributed by atoms with van der Waals surface area (Å²) in [5.74, 6) is 1.54. The lowest BCUT2D eigenvalue weighted by Gasteiger charge is -2.11. The van der Waals surface area contributed by atoms with Gasteiger partial charge in [-0.2, -0.15) is 5.10 Å². The van der Waals surface area contributed by atoms with Crippen LogP contribution in [0.3, 0.4) is 0 Å². The molecular formula is C18H18N4O. The molecule has 1 fully saturated rings. The molecule has 1 aliphatic heterocycles. The van der Waals surface area contributed by atoms with E-state index in [9.17, 15) is 0 Å². The predicted molar refractivity (Wildman–Crippen MR) is 87.9 cm³/mol. The molecule has 0 saturated carbocycles. The van der Waals surface area contributed by atoms with Crippen molar-refractivity contribution < 1.29 is 4.74 Å². The number of ether oxygens (including phenoxy) is 1. The molecule has 0 spiro atoms. The zero-order valence-corrected chi connectivity index (χ0v) is 13.0. The van der Waals surface area contributed by atoms with Gasteiger partial charge >= 0.3 is 0 Å². The first-order valence-corrected chi connectivity index (χ1v) is 7.85. The molecule has 0 bridgehead atoms. The van der Waals surface area contributed by atoms with Gasteiger partial charge in [0.1, 0.15) is 5.69 Å². The van der Waals surface area contributed by atoms with E-state index >= 15 is 0 Å². The van der Waals surface area contributed by atoms with Crippen molar-refractivity contribution in [3.8, 4) is 22.9 Å². The van der Waals surface area contributed by atoms with Gasteiger partial charge in [-0.1, -0.05) is 36.4 Å². The van der Waals surface area contributed by atoms with Gasteiger partial charge < -0.3 is 4.74 Å². The molecule has 2 aromatic heterocycles. The van der Waals surface area contributed by atoms with Crippen molar-refractivity contribution >= 4 is 0 Å². The molecule has 1 aliphatic rings. The number of nitrogens with zero attached hydrogens (tertiary/aromatic N) is 4. The van der Waals surface area contributed by atoms with Gasteiger partial charge in [0.25, 0.3) is 0 Å². The first-order chi connectivity index (χ1) is 11.3. The van der Waals surface area contributed by atoms with E-state index in [1.165, 1.54) is 0 Å². The Hall–Kier alpha value is -2.53. The van der Waals surface area contributed by atoms with Crippen LogP contribution in [-0.2, 0) is 4.74 Å². The fraction of sp³-hybridized carbons (Fsp3) is 0.278. The third kappa shape index (κ3) is 2.75. The molecule has 23 heavy (non-hydrogen) atoms. The quantitative estimate of drug-likeness (QED) is 0.745. The molecule has 3 heterocycles. The van der Waals surface area contributed by atoms with Gasteiger partial charge in [-0.05, 0) is 25.5 Å². The lowest BCUT2D eigenvalue weighted by Crippen LogP contribution is -2.12. The summed E-state index contributed by atoms with van der Waals surface area (Å²) in [7, 11) is 0. The summed E-state index contributed by atoms with van der Waals surface area (Å²) in [4.78, 5) is 9.39. The van der Waals surface area contributed by atoms with Crippen molar-refractivity contribution in [1.29, 1.82) is 0 Å². The van der Waals surface area contributed by atoms with Crippen LogP contribution in [0.2, 0.25) is 0 Å². The molecule has 1 atom stereocenters. The highest BCUT2D eigenvalue weighted by Gasteiger charge is 2.24. The second-order valence-corrected chi connectivity index (χ2v) is 5.75. The van der Waals surface area contributed by atoms with Crippen LogP contribution >= 0.6 is 0 Å². The largest absolute Gasteiger partial charge is 0.379 e. The SMILES string of the molecule is Cc1cccc(-c2nc(-c3ccccc3)nn2C2CCOC2)n1. The van der Waals surface area contributed by atoms with E-state index in [2.05, 4.69) is 4.98 Å². The fourth-order valence-corrected chi connectivity index (χ4v) is 2.84. The van der Waals surface area contributed by atoms with E-state index in [1.54, 1.807) is 0 Å². The van der Waals surface area contributed by atoms with Gasteiger partial charge in [0.15, 0.2) is 11.6 Å². The lowest BCUT2D eigenvalue weighted by atomic mass is 10.2. The maximum atomic E-state index is 5.53. The van der Waals surface area contributed by atoms with E-state index in [-0.39, 0.29) is 6.04 Å². The summed E-state index contributed by atoms with van der Waals surface area (Å²) in [6.07, 6.45) is 0.955. The first kappa shape index (κ1) is 14.1. The number of hydrogen-bond donors (Lipinski definition) is 0. The van der Waals surface area contributed by atoms with Crippen molar-refractivity contribution in [2.45, 2.75) is 19.4 Å². The minimum absolute atomic E-state index is 0.220. The molecule has 1 aromatic carbocycles. The number of benzene rings is 1. The van der Waals surface area contributed by atoms with Gasteiger partial charge in [-0.15, -0.1) is 0 Å². The van der Waals surface area contributed by atoms with Gasteiger partial charge in [-0.3, -0.25) is 0 Å². The highest BCUT2D eigenvalue weighted by molar-refractivity contribution is 5.59. The van der Waals surface area contributed by atoms with Crippen LogP contribution in [0.15, 0.2) is 48.5 Å². The Bertz CT molecular complexity index is 807. The summed E-state index contributed by atoms with van der Waals surface area (Å²) in [6.45, 7) is 3.43. The maximum absolute atomic E-state index is 5.53. The summed E-state index contributed by atoms with van der Waals surface area (Å²) >= 11 is 0. The number of aryl methyl sites for hydroxylation is 1. The van der Waals surface area contributed by atoms with Crippen molar-refractivity contribution in [2.75, 3.05) is 13.2 Å². The number of aromatic nitrogens is 4. The van der Waals surface area contributed by atoms with Crippen molar-refractivity contribution in [2.24, 2.45) is 0 Å². The standard InChI is InChI=1S/C18H18N4O/c1-13-6-5-9-16(19-13)18-20-17(14-7-3-2-4-8-14)21-22(18)15-10-11-23-12-15/h2-9,15H,10-12H2,1H3. The molecule has 4 rings (SSSR count). The summed E-state index contributed by atoms with van der Waals surface area (Å²) in [5, 5.41) is 4.75. The molecule has 1 saturated heterocycles. The third-order valence-corrected chi connectivity index (χ3v) is 4.03.